The Morgan fingerprint density at radius 2 is 2.27 bits per heavy atom. The first-order chi connectivity index (χ1) is 7.20. The lowest BCUT2D eigenvalue weighted by Gasteiger charge is -2.10. The van der Waals surface area contributed by atoms with Crippen LogP contribution < -0.4 is 10.9 Å². The Hall–Kier alpha value is -0.910. The second-order valence-electron chi connectivity index (χ2n) is 3.26. The SMILES string of the molecule is OCC1=CC(c2ccc(Br)cc2F)NN1. The molecule has 2 rings (SSSR count). The Labute approximate surface area is 95.1 Å². The van der Waals surface area contributed by atoms with Gasteiger partial charge in [-0.25, -0.2) is 9.82 Å². The monoisotopic (exact) mass is 272 g/mol. The van der Waals surface area contributed by atoms with Crippen molar-refractivity contribution in [2.75, 3.05) is 6.61 Å². The van der Waals surface area contributed by atoms with Gasteiger partial charge in [0, 0.05) is 15.7 Å². The zero-order valence-corrected chi connectivity index (χ0v) is 9.38. The molecule has 1 heterocycles. The summed E-state index contributed by atoms with van der Waals surface area (Å²) in [6, 6.07) is 4.67. The van der Waals surface area contributed by atoms with Crippen molar-refractivity contribution in [1.82, 2.24) is 10.9 Å². The van der Waals surface area contributed by atoms with Gasteiger partial charge in [-0.05, 0) is 18.2 Å². The zero-order chi connectivity index (χ0) is 10.8. The van der Waals surface area contributed by atoms with Gasteiger partial charge >= 0.3 is 0 Å². The van der Waals surface area contributed by atoms with Crippen LogP contribution in [-0.4, -0.2) is 11.7 Å². The van der Waals surface area contributed by atoms with E-state index in [1.54, 1.807) is 18.2 Å². The average Bonchev–Trinajstić information content (AvgIpc) is 2.66. The summed E-state index contributed by atoms with van der Waals surface area (Å²) in [5, 5.41) is 8.87. The number of aliphatic hydroxyl groups excluding tert-OH is 1. The van der Waals surface area contributed by atoms with E-state index in [-0.39, 0.29) is 18.5 Å². The standard InChI is InChI=1S/C10H10BrFN2O/c11-6-1-2-8(9(12)3-6)10-4-7(5-15)13-14-10/h1-4,10,13-15H,5H2. The second kappa shape index (κ2) is 4.30. The molecule has 1 aromatic rings. The number of nitrogens with one attached hydrogen (secondary N) is 2. The molecule has 0 aromatic heterocycles. The van der Waals surface area contributed by atoms with E-state index in [4.69, 9.17) is 5.11 Å². The highest BCUT2D eigenvalue weighted by molar-refractivity contribution is 9.10. The van der Waals surface area contributed by atoms with Gasteiger partial charge in [-0.15, -0.1) is 0 Å². The van der Waals surface area contributed by atoms with Crippen LogP contribution in [0.15, 0.2) is 34.4 Å². The first-order valence-electron chi connectivity index (χ1n) is 4.49. The Morgan fingerprint density at radius 3 is 2.87 bits per heavy atom. The van der Waals surface area contributed by atoms with E-state index < -0.39 is 0 Å². The minimum absolute atomic E-state index is 0.0817. The van der Waals surface area contributed by atoms with Crippen LogP contribution in [0.4, 0.5) is 4.39 Å². The predicted molar refractivity (Wildman–Crippen MR) is 58.3 cm³/mol. The minimum Gasteiger partial charge on any atom is -0.390 e. The lowest BCUT2D eigenvalue weighted by molar-refractivity contribution is 0.320. The van der Waals surface area contributed by atoms with E-state index in [1.807, 2.05) is 0 Å². The number of aliphatic hydroxyl groups is 1. The van der Waals surface area contributed by atoms with E-state index in [0.717, 1.165) is 0 Å². The van der Waals surface area contributed by atoms with E-state index in [0.29, 0.717) is 15.7 Å². The van der Waals surface area contributed by atoms with Crippen LogP contribution in [-0.2, 0) is 0 Å². The number of benzene rings is 1. The van der Waals surface area contributed by atoms with E-state index >= 15 is 0 Å². The minimum atomic E-state index is -0.279. The smallest absolute Gasteiger partial charge is 0.129 e. The van der Waals surface area contributed by atoms with Crippen LogP contribution in [0.2, 0.25) is 0 Å². The maximum Gasteiger partial charge on any atom is 0.129 e. The highest BCUT2D eigenvalue weighted by Crippen LogP contribution is 2.24. The first-order valence-corrected chi connectivity index (χ1v) is 5.28. The molecule has 0 radical (unpaired) electrons. The zero-order valence-electron chi connectivity index (χ0n) is 7.80. The van der Waals surface area contributed by atoms with Crippen LogP contribution in [0.3, 0.4) is 0 Å². The van der Waals surface area contributed by atoms with Gasteiger partial charge < -0.3 is 10.5 Å². The number of hydrazine groups is 1. The van der Waals surface area contributed by atoms with Crippen LogP contribution in [0, 0.1) is 5.82 Å². The molecule has 0 aliphatic carbocycles. The molecule has 3 nitrogen and oxygen atoms in total. The van der Waals surface area contributed by atoms with Gasteiger partial charge in [-0.3, -0.25) is 0 Å². The van der Waals surface area contributed by atoms with Crippen LogP contribution in [0.5, 0.6) is 0 Å². The van der Waals surface area contributed by atoms with E-state index in [2.05, 4.69) is 26.8 Å². The van der Waals surface area contributed by atoms with Gasteiger partial charge in [0.05, 0.1) is 12.6 Å². The third kappa shape index (κ3) is 2.19. The van der Waals surface area contributed by atoms with Gasteiger partial charge in [0.15, 0.2) is 0 Å². The summed E-state index contributed by atoms with van der Waals surface area (Å²) in [5.41, 5.74) is 6.86. The molecular weight excluding hydrogens is 263 g/mol. The summed E-state index contributed by atoms with van der Waals surface area (Å²) in [7, 11) is 0. The van der Waals surface area contributed by atoms with Crippen LogP contribution in [0.1, 0.15) is 11.6 Å². The third-order valence-electron chi connectivity index (χ3n) is 2.22. The average molecular weight is 273 g/mol. The summed E-state index contributed by atoms with van der Waals surface area (Å²) in [4.78, 5) is 0. The Kier molecular flexibility index (Phi) is 3.04. The topological polar surface area (TPSA) is 44.3 Å². The van der Waals surface area contributed by atoms with Gasteiger partial charge in [0.25, 0.3) is 0 Å². The number of halogens is 2. The molecule has 0 saturated heterocycles. The van der Waals surface area contributed by atoms with E-state index in [1.165, 1.54) is 6.07 Å². The molecule has 0 bridgehead atoms. The molecule has 0 spiro atoms. The molecular formula is C10H10BrFN2O. The number of hydrogen-bond acceptors (Lipinski definition) is 3. The fraction of sp³-hybridized carbons (Fsp3) is 0.200. The molecule has 80 valence electrons. The fourth-order valence-electron chi connectivity index (χ4n) is 1.47. The summed E-state index contributed by atoms with van der Waals surface area (Å²) in [6.07, 6.45) is 1.76. The molecule has 15 heavy (non-hydrogen) atoms. The van der Waals surface area contributed by atoms with Gasteiger partial charge in [-0.2, -0.15) is 0 Å². The Balaban J connectivity index is 2.27. The molecule has 1 aromatic carbocycles. The number of rotatable bonds is 2. The van der Waals surface area contributed by atoms with Crippen molar-refractivity contribution < 1.29 is 9.50 Å². The molecule has 1 aliphatic rings. The lowest BCUT2D eigenvalue weighted by Crippen LogP contribution is -2.28. The maximum atomic E-state index is 13.5. The highest BCUT2D eigenvalue weighted by Gasteiger charge is 2.18. The van der Waals surface area contributed by atoms with E-state index in [9.17, 15) is 4.39 Å². The lowest BCUT2D eigenvalue weighted by atomic mass is 10.1. The molecule has 5 heteroatoms. The summed E-state index contributed by atoms with van der Waals surface area (Å²) in [6.45, 7) is -0.0817. The fourth-order valence-corrected chi connectivity index (χ4v) is 1.80. The molecule has 0 fully saturated rings. The largest absolute Gasteiger partial charge is 0.390 e. The van der Waals surface area contributed by atoms with Crippen molar-refractivity contribution in [2.24, 2.45) is 0 Å². The number of hydrogen-bond donors (Lipinski definition) is 3. The van der Waals surface area contributed by atoms with Crippen molar-refractivity contribution in [1.29, 1.82) is 0 Å². The summed E-state index contributed by atoms with van der Waals surface area (Å²) < 4.78 is 14.3. The molecule has 1 unspecified atom stereocenters. The van der Waals surface area contributed by atoms with Crippen LogP contribution >= 0.6 is 15.9 Å². The predicted octanol–water partition coefficient (Wildman–Crippen LogP) is 1.61. The van der Waals surface area contributed by atoms with Crippen LogP contribution in [0.25, 0.3) is 0 Å². The summed E-state index contributed by atoms with van der Waals surface area (Å²) >= 11 is 3.20. The highest BCUT2D eigenvalue weighted by atomic mass is 79.9. The molecule has 0 saturated carbocycles. The molecule has 0 amide bonds. The normalized spacial score (nSPS) is 19.9. The van der Waals surface area contributed by atoms with Crippen molar-refractivity contribution >= 4 is 15.9 Å². The van der Waals surface area contributed by atoms with Crippen molar-refractivity contribution in [3.8, 4) is 0 Å². The van der Waals surface area contributed by atoms with Gasteiger partial charge in [0.1, 0.15) is 5.82 Å². The van der Waals surface area contributed by atoms with Gasteiger partial charge in [0.2, 0.25) is 0 Å². The maximum absolute atomic E-state index is 13.5. The van der Waals surface area contributed by atoms with Crippen molar-refractivity contribution in [3.05, 3.63) is 45.8 Å². The summed E-state index contributed by atoms with van der Waals surface area (Å²) in [5.74, 6) is -0.279. The Morgan fingerprint density at radius 1 is 1.47 bits per heavy atom. The van der Waals surface area contributed by atoms with Gasteiger partial charge in [-0.1, -0.05) is 22.0 Å². The molecule has 3 N–H and O–H groups in total. The van der Waals surface area contributed by atoms with Crippen molar-refractivity contribution in [3.63, 3.8) is 0 Å². The second-order valence-corrected chi connectivity index (χ2v) is 4.18. The third-order valence-corrected chi connectivity index (χ3v) is 2.72. The molecule has 1 aliphatic heterocycles. The quantitative estimate of drug-likeness (QED) is 0.767. The first kappa shape index (κ1) is 10.6. The Bertz CT molecular complexity index is 408. The van der Waals surface area contributed by atoms with Crippen molar-refractivity contribution in [2.45, 2.75) is 6.04 Å². The molecule has 1 atom stereocenters.